The fourth-order valence-electron chi connectivity index (χ4n) is 2.48. The normalized spacial score (nSPS) is 21.8. The Morgan fingerprint density at radius 2 is 1.92 bits per heavy atom. The number of hydrazine groups is 1. The highest BCUT2D eigenvalue weighted by molar-refractivity contribution is 6.08. The molecule has 1 aliphatic rings. The molecule has 1 heterocycles. The van der Waals surface area contributed by atoms with Crippen LogP contribution in [0.1, 0.15) is 6.42 Å². The third kappa shape index (κ3) is 5.09. The van der Waals surface area contributed by atoms with Gasteiger partial charge in [-0.15, -0.1) is 0 Å². The Bertz CT molecular complexity index is 586. The monoisotopic (exact) mass is 355 g/mol. The van der Waals surface area contributed by atoms with E-state index in [9.17, 15) is 24.3 Å². The molecule has 0 aromatic heterocycles. The van der Waals surface area contributed by atoms with Crippen molar-refractivity contribution >= 4 is 32.3 Å². The van der Waals surface area contributed by atoms with Crippen molar-refractivity contribution < 1.29 is 34.5 Å². The van der Waals surface area contributed by atoms with Crippen molar-refractivity contribution in [3.63, 3.8) is 0 Å². The number of hydrogen-bond acceptors (Lipinski definition) is 8. The molecule has 3 unspecified atom stereocenters. The van der Waals surface area contributed by atoms with Crippen molar-refractivity contribution in [3.8, 4) is 0 Å². The van der Waals surface area contributed by atoms with Gasteiger partial charge in [-0.05, 0) is 0 Å². The second kappa shape index (κ2) is 8.35. The van der Waals surface area contributed by atoms with E-state index in [1.165, 1.54) is 0 Å². The average Bonchev–Trinajstić information content (AvgIpc) is 2.90. The maximum absolute atomic E-state index is 11.3. The van der Waals surface area contributed by atoms with Crippen molar-refractivity contribution in [3.05, 3.63) is 11.9 Å². The molecule has 2 radical (unpaired) electrons. The molecule has 13 heteroatoms. The van der Waals surface area contributed by atoms with Crippen LogP contribution in [-0.2, 0) is 19.2 Å². The van der Waals surface area contributed by atoms with Crippen LogP contribution in [0.15, 0.2) is 11.9 Å². The standard InChI is InChI=1S/C12H18BN5O7/c13-17(4-9(20)21)10(12(24)25)7(14)3-18(15)6-1-8(11(22)23)16(2-6)5-19/h3,5-6,8,10H,1-2,4,14-15H2,(H,20,21)(H,22,23)(H,24,25)/b7-3-. The van der Waals surface area contributed by atoms with Crippen LogP contribution >= 0.6 is 0 Å². The summed E-state index contributed by atoms with van der Waals surface area (Å²) in [5.74, 6) is 1.73. The van der Waals surface area contributed by atoms with Gasteiger partial charge in [0.25, 0.3) is 0 Å². The number of nitrogens with zero attached hydrogens (tertiary/aromatic N) is 3. The smallest absolute Gasteiger partial charge is 0.326 e. The van der Waals surface area contributed by atoms with Crippen molar-refractivity contribution in [2.45, 2.75) is 24.5 Å². The van der Waals surface area contributed by atoms with E-state index in [1.807, 2.05) is 0 Å². The lowest BCUT2D eigenvalue weighted by atomic mass is 10.1. The van der Waals surface area contributed by atoms with Crippen molar-refractivity contribution in [2.75, 3.05) is 13.1 Å². The minimum absolute atomic E-state index is 0.0000496. The van der Waals surface area contributed by atoms with Crippen LogP contribution < -0.4 is 11.6 Å². The first-order chi connectivity index (χ1) is 11.6. The molecule has 1 aliphatic heterocycles. The average molecular weight is 355 g/mol. The first kappa shape index (κ1) is 20.2. The Morgan fingerprint density at radius 1 is 1.32 bits per heavy atom. The maximum atomic E-state index is 11.3. The Morgan fingerprint density at radius 3 is 2.32 bits per heavy atom. The number of likely N-dealkylation sites (tertiary alicyclic amines) is 1. The van der Waals surface area contributed by atoms with E-state index in [-0.39, 0.29) is 18.7 Å². The molecular weight excluding hydrogens is 337 g/mol. The van der Waals surface area contributed by atoms with Crippen molar-refractivity contribution in [1.82, 2.24) is 14.7 Å². The predicted octanol–water partition coefficient (Wildman–Crippen LogP) is -3.43. The lowest BCUT2D eigenvalue weighted by Gasteiger charge is -2.27. The van der Waals surface area contributed by atoms with Gasteiger partial charge in [0.2, 0.25) is 6.41 Å². The molecule has 1 amide bonds. The molecule has 1 saturated heterocycles. The Labute approximate surface area is 143 Å². The molecule has 0 bridgehead atoms. The van der Waals surface area contributed by atoms with Crippen LogP contribution in [0.2, 0.25) is 0 Å². The van der Waals surface area contributed by atoms with Crippen LogP contribution in [-0.4, -0.2) is 93.6 Å². The van der Waals surface area contributed by atoms with Crippen LogP contribution in [0.3, 0.4) is 0 Å². The number of carboxylic acid groups (broad SMARTS) is 3. The maximum Gasteiger partial charge on any atom is 0.326 e. The van der Waals surface area contributed by atoms with Gasteiger partial charge in [0.15, 0.2) is 7.98 Å². The summed E-state index contributed by atoms with van der Waals surface area (Å²) in [7, 11) is 5.41. The van der Waals surface area contributed by atoms with Gasteiger partial charge in [-0.2, -0.15) is 0 Å². The predicted molar refractivity (Wildman–Crippen MR) is 82.4 cm³/mol. The molecule has 0 aromatic rings. The number of carbonyl (C=O) groups excluding carboxylic acids is 1. The van der Waals surface area contributed by atoms with E-state index in [1.54, 1.807) is 0 Å². The van der Waals surface area contributed by atoms with E-state index in [0.717, 1.165) is 16.1 Å². The number of carboxylic acids is 3. The number of amides is 1. The van der Waals surface area contributed by atoms with Crippen molar-refractivity contribution in [1.29, 1.82) is 0 Å². The number of rotatable bonds is 9. The minimum atomic E-state index is -1.65. The van der Waals surface area contributed by atoms with Crippen LogP contribution in [0.25, 0.3) is 0 Å². The van der Waals surface area contributed by atoms with Crippen LogP contribution in [0.5, 0.6) is 0 Å². The highest BCUT2D eigenvalue weighted by atomic mass is 16.4. The van der Waals surface area contributed by atoms with E-state index >= 15 is 0 Å². The second-order valence-electron chi connectivity index (χ2n) is 5.43. The highest BCUT2D eigenvalue weighted by Gasteiger charge is 2.38. The number of aliphatic carboxylic acids is 3. The van der Waals surface area contributed by atoms with Gasteiger partial charge >= 0.3 is 17.9 Å². The van der Waals surface area contributed by atoms with Gasteiger partial charge in [-0.1, -0.05) is 0 Å². The third-order valence-electron chi connectivity index (χ3n) is 3.66. The summed E-state index contributed by atoms with van der Waals surface area (Å²) in [5.41, 5.74) is 5.32. The minimum Gasteiger partial charge on any atom is -0.480 e. The molecular formula is C12H18BN5O7. The molecule has 136 valence electrons. The first-order valence-electron chi connectivity index (χ1n) is 6.98. The van der Waals surface area contributed by atoms with E-state index in [4.69, 9.17) is 29.8 Å². The zero-order valence-corrected chi connectivity index (χ0v) is 13.1. The SMILES string of the molecule is [B]N(CC(=O)O)C(C(=O)O)/C(N)=C/N(N)C1CC(C(=O)O)N(C=O)C1. The second-order valence-corrected chi connectivity index (χ2v) is 5.43. The first-order valence-corrected chi connectivity index (χ1v) is 6.98. The fraction of sp³-hybridized carbons (Fsp3) is 0.500. The van der Waals surface area contributed by atoms with Gasteiger partial charge in [0.1, 0.15) is 12.1 Å². The molecule has 0 aromatic carbocycles. The lowest BCUT2D eigenvalue weighted by molar-refractivity contribution is -0.145. The molecule has 0 saturated carbocycles. The topological polar surface area (TPSA) is 191 Å². The molecule has 0 spiro atoms. The largest absolute Gasteiger partial charge is 0.480 e. The van der Waals surface area contributed by atoms with Gasteiger partial charge in [0, 0.05) is 19.2 Å². The molecule has 1 rings (SSSR count). The number of hydrogen-bond donors (Lipinski definition) is 5. The molecule has 0 aliphatic carbocycles. The zero-order chi connectivity index (χ0) is 19.3. The fourth-order valence-corrected chi connectivity index (χ4v) is 2.48. The van der Waals surface area contributed by atoms with Crippen molar-refractivity contribution in [2.24, 2.45) is 11.6 Å². The molecule has 25 heavy (non-hydrogen) atoms. The molecule has 12 nitrogen and oxygen atoms in total. The molecule has 3 atom stereocenters. The number of nitrogens with two attached hydrogens (primary N) is 2. The van der Waals surface area contributed by atoms with Crippen LogP contribution in [0.4, 0.5) is 0 Å². The van der Waals surface area contributed by atoms with Gasteiger partial charge < -0.3 is 35.8 Å². The lowest BCUT2D eigenvalue weighted by Crippen LogP contribution is -2.47. The third-order valence-corrected chi connectivity index (χ3v) is 3.66. The summed E-state index contributed by atoms with van der Waals surface area (Å²) in [6.07, 6.45) is 1.42. The highest BCUT2D eigenvalue weighted by Crippen LogP contribution is 2.20. The van der Waals surface area contributed by atoms with E-state index in [2.05, 4.69) is 0 Å². The van der Waals surface area contributed by atoms with Gasteiger partial charge in [-0.25, -0.2) is 10.6 Å². The number of carbonyl (C=O) groups is 4. The Balaban J connectivity index is 2.91. The summed E-state index contributed by atoms with van der Waals surface area (Å²) >= 11 is 0. The Kier molecular flexibility index (Phi) is 6.76. The Hall–Kier alpha value is -2.80. The summed E-state index contributed by atoms with van der Waals surface area (Å²) < 4.78 is 0. The molecule has 7 N–H and O–H groups in total. The quantitative estimate of drug-likeness (QED) is 0.120. The van der Waals surface area contributed by atoms with E-state index in [0.29, 0.717) is 11.2 Å². The summed E-state index contributed by atoms with van der Waals surface area (Å²) in [5, 5.41) is 27.9. The van der Waals surface area contributed by atoms with Gasteiger partial charge in [-0.3, -0.25) is 14.4 Å². The summed E-state index contributed by atoms with van der Waals surface area (Å²) in [4.78, 5) is 45.5. The van der Waals surface area contributed by atoms with E-state index < -0.39 is 42.6 Å². The van der Waals surface area contributed by atoms with Gasteiger partial charge in [0.05, 0.1) is 18.3 Å². The van der Waals surface area contributed by atoms with Crippen LogP contribution in [0, 0.1) is 0 Å². The summed E-state index contributed by atoms with van der Waals surface area (Å²) in [6.45, 7) is -0.778. The molecule has 1 fully saturated rings. The zero-order valence-electron chi connectivity index (χ0n) is 13.1. The summed E-state index contributed by atoms with van der Waals surface area (Å²) in [6, 6.07) is -3.33.